The molecule has 0 bridgehead atoms. The first-order valence-corrected chi connectivity index (χ1v) is 3.47. The number of hydrogen-bond donors (Lipinski definition) is 3. The molecule has 0 radical (unpaired) electrons. The summed E-state index contributed by atoms with van der Waals surface area (Å²) in [4.78, 5) is 0. The summed E-state index contributed by atoms with van der Waals surface area (Å²) in [5.74, 6) is -0.665. The summed E-state index contributed by atoms with van der Waals surface area (Å²) >= 11 is 0. The third kappa shape index (κ3) is 1.24. The molecule has 0 aliphatic heterocycles. The standard InChI is InChI=1S/C7H11NO3/c1-2-3-8-6(10)4-5(9)7(8)11/h4,9-11H,2-3H2,1H3. The molecule has 0 spiro atoms. The van der Waals surface area contributed by atoms with Crippen molar-refractivity contribution in [1.82, 2.24) is 4.57 Å². The van der Waals surface area contributed by atoms with Crippen molar-refractivity contribution in [3.63, 3.8) is 0 Å². The van der Waals surface area contributed by atoms with Gasteiger partial charge in [-0.05, 0) is 6.42 Å². The van der Waals surface area contributed by atoms with Crippen LogP contribution in [0.5, 0.6) is 17.5 Å². The van der Waals surface area contributed by atoms with E-state index in [4.69, 9.17) is 15.3 Å². The van der Waals surface area contributed by atoms with Crippen LogP contribution in [0.3, 0.4) is 0 Å². The lowest BCUT2D eigenvalue weighted by Crippen LogP contribution is -1.93. The molecule has 3 N–H and O–H groups in total. The zero-order valence-corrected chi connectivity index (χ0v) is 6.28. The van der Waals surface area contributed by atoms with E-state index in [2.05, 4.69) is 0 Å². The van der Waals surface area contributed by atoms with Crippen LogP contribution >= 0.6 is 0 Å². The van der Waals surface area contributed by atoms with Crippen LogP contribution in [0.4, 0.5) is 0 Å². The molecule has 0 aliphatic carbocycles. The van der Waals surface area contributed by atoms with E-state index in [1.54, 1.807) is 0 Å². The number of hydrogen-bond acceptors (Lipinski definition) is 3. The minimum absolute atomic E-state index is 0.109. The van der Waals surface area contributed by atoms with Crippen molar-refractivity contribution in [3.8, 4) is 17.5 Å². The Morgan fingerprint density at radius 3 is 2.36 bits per heavy atom. The van der Waals surface area contributed by atoms with Crippen LogP contribution in [0.15, 0.2) is 6.07 Å². The molecule has 0 fully saturated rings. The Kier molecular flexibility index (Phi) is 1.94. The van der Waals surface area contributed by atoms with E-state index < -0.39 is 0 Å². The van der Waals surface area contributed by atoms with Crippen molar-refractivity contribution in [2.24, 2.45) is 0 Å². The second-order valence-electron chi connectivity index (χ2n) is 2.36. The highest BCUT2D eigenvalue weighted by atomic mass is 16.3. The van der Waals surface area contributed by atoms with Gasteiger partial charge in [0.25, 0.3) is 0 Å². The maximum absolute atomic E-state index is 9.10. The van der Waals surface area contributed by atoms with Crippen molar-refractivity contribution < 1.29 is 15.3 Å². The Bertz CT molecular complexity index is 254. The number of aromatic nitrogens is 1. The van der Waals surface area contributed by atoms with Crippen LogP contribution in [0, 0.1) is 0 Å². The molecular weight excluding hydrogens is 146 g/mol. The van der Waals surface area contributed by atoms with Crippen LogP contribution in [0.2, 0.25) is 0 Å². The molecule has 0 saturated heterocycles. The fourth-order valence-electron chi connectivity index (χ4n) is 0.956. The van der Waals surface area contributed by atoms with E-state index in [1.165, 1.54) is 4.57 Å². The van der Waals surface area contributed by atoms with E-state index in [1.807, 2.05) is 6.92 Å². The molecular formula is C7H11NO3. The third-order valence-electron chi connectivity index (χ3n) is 1.47. The molecule has 1 aromatic rings. The van der Waals surface area contributed by atoms with Gasteiger partial charge in [0.05, 0.1) is 0 Å². The molecule has 0 aliphatic rings. The van der Waals surface area contributed by atoms with Crippen molar-refractivity contribution in [1.29, 1.82) is 0 Å². The summed E-state index contributed by atoms with van der Waals surface area (Å²) in [5.41, 5.74) is 0. The van der Waals surface area contributed by atoms with Crippen molar-refractivity contribution in [3.05, 3.63) is 6.07 Å². The monoisotopic (exact) mass is 157 g/mol. The molecule has 1 aromatic heterocycles. The van der Waals surface area contributed by atoms with Gasteiger partial charge in [0.1, 0.15) is 0 Å². The largest absolute Gasteiger partial charge is 0.503 e. The summed E-state index contributed by atoms with van der Waals surface area (Å²) in [6.07, 6.45) is 0.787. The molecule has 0 saturated carbocycles. The minimum Gasteiger partial charge on any atom is -0.503 e. The predicted molar refractivity (Wildman–Crippen MR) is 39.7 cm³/mol. The molecule has 4 nitrogen and oxygen atoms in total. The maximum Gasteiger partial charge on any atom is 0.237 e. The molecule has 0 atom stereocenters. The Labute approximate surface area is 64.3 Å². The topological polar surface area (TPSA) is 65.6 Å². The first kappa shape index (κ1) is 7.78. The first-order chi connectivity index (χ1) is 5.16. The zero-order valence-electron chi connectivity index (χ0n) is 6.28. The number of aromatic hydroxyl groups is 3. The van der Waals surface area contributed by atoms with E-state index in [0.717, 1.165) is 12.5 Å². The van der Waals surface area contributed by atoms with Gasteiger partial charge >= 0.3 is 0 Å². The van der Waals surface area contributed by atoms with E-state index in [-0.39, 0.29) is 17.5 Å². The van der Waals surface area contributed by atoms with E-state index >= 15 is 0 Å². The van der Waals surface area contributed by atoms with Gasteiger partial charge in [-0.1, -0.05) is 6.92 Å². The minimum atomic E-state index is -0.282. The lowest BCUT2D eigenvalue weighted by Gasteiger charge is -2.02. The highest BCUT2D eigenvalue weighted by Crippen LogP contribution is 2.32. The SMILES string of the molecule is CCCn1c(O)cc(O)c1O. The van der Waals surface area contributed by atoms with Crippen LogP contribution in [0.1, 0.15) is 13.3 Å². The summed E-state index contributed by atoms with van der Waals surface area (Å²) in [6.45, 7) is 2.41. The van der Waals surface area contributed by atoms with Crippen LogP contribution in [-0.2, 0) is 6.54 Å². The fourth-order valence-corrected chi connectivity index (χ4v) is 0.956. The van der Waals surface area contributed by atoms with Crippen LogP contribution in [-0.4, -0.2) is 19.9 Å². The van der Waals surface area contributed by atoms with Crippen molar-refractivity contribution in [2.75, 3.05) is 0 Å². The van der Waals surface area contributed by atoms with Gasteiger partial charge < -0.3 is 15.3 Å². The third-order valence-corrected chi connectivity index (χ3v) is 1.47. The molecule has 1 heterocycles. The Balaban J connectivity index is 3.02. The molecule has 0 amide bonds. The van der Waals surface area contributed by atoms with Gasteiger partial charge in [0.15, 0.2) is 11.6 Å². The summed E-state index contributed by atoms with van der Waals surface area (Å²) in [7, 11) is 0. The molecule has 4 heteroatoms. The summed E-state index contributed by atoms with van der Waals surface area (Å²) < 4.78 is 1.25. The van der Waals surface area contributed by atoms with Gasteiger partial charge in [0.2, 0.25) is 5.88 Å². The first-order valence-electron chi connectivity index (χ1n) is 3.47. The van der Waals surface area contributed by atoms with Gasteiger partial charge in [0, 0.05) is 12.6 Å². The van der Waals surface area contributed by atoms with Gasteiger partial charge in [-0.15, -0.1) is 0 Å². The quantitative estimate of drug-likeness (QED) is 0.600. The Morgan fingerprint density at radius 2 is 2.00 bits per heavy atom. The normalized spacial score (nSPS) is 10.3. The summed E-state index contributed by atoms with van der Waals surface area (Å²) in [5, 5.41) is 27.1. The number of rotatable bonds is 2. The van der Waals surface area contributed by atoms with Gasteiger partial charge in [-0.25, -0.2) is 0 Å². The second-order valence-corrected chi connectivity index (χ2v) is 2.36. The molecule has 1 rings (SSSR count). The van der Waals surface area contributed by atoms with Gasteiger partial charge in [-0.2, -0.15) is 0 Å². The fraction of sp³-hybridized carbons (Fsp3) is 0.429. The maximum atomic E-state index is 9.10. The number of nitrogens with zero attached hydrogens (tertiary/aromatic N) is 1. The second kappa shape index (κ2) is 2.74. The van der Waals surface area contributed by atoms with E-state index in [0.29, 0.717) is 6.54 Å². The smallest absolute Gasteiger partial charge is 0.237 e. The Morgan fingerprint density at radius 1 is 1.36 bits per heavy atom. The average Bonchev–Trinajstić information content (AvgIpc) is 2.17. The molecule has 0 aromatic carbocycles. The molecule has 0 unspecified atom stereocenters. The lowest BCUT2D eigenvalue weighted by molar-refractivity contribution is 0.350. The lowest BCUT2D eigenvalue weighted by atomic mass is 10.5. The van der Waals surface area contributed by atoms with Crippen LogP contribution in [0.25, 0.3) is 0 Å². The van der Waals surface area contributed by atoms with Crippen LogP contribution < -0.4 is 0 Å². The molecule has 11 heavy (non-hydrogen) atoms. The highest BCUT2D eigenvalue weighted by molar-refractivity contribution is 5.39. The highest BCUT2D eigenvalue weighted by Gasteiger charge is 2.10. The summed E-state index contributed by atoms with van der Waals surface area (Å²) in [6, 6.07) is 1.12. The Hall–Kier alpha value is -1.32. The molecule has 62 valence electrons. The zero-order chi connectivity index (χ0) is 8.43. The van der Waals surface area contributed by atoms with E-state index in [9.17, 15) is 0 Å². The van der Waals surface area contributed by atoms with Crippen molar-refractivity contribution in [2.45, 2.75) is 19.9 Å². The average molecular weight is 157 g/mol. The van der Waals surface area contributed by atoms with Crippen molar-refractivity contribution >= 4 is 0 Å². The van der Waals surface area contributed by atoms with Gasteiger partial charge in [-0.3, -0.25) is 4.57 Å². The predicted octanol–water partition coefficient (Wildman–Crippen LogP) is 1.01.